The fourth-order valence-corrected chi connectivity index (χ4v) is 4.68. The lowest BCUT2D eigenvalue weighted by Gasteiger charge is -2.29. The van der Waals surface area contributed by atoms with E-state index in [0.717, 1.165) is 0 Å². The summed E-state index contributed by atoms with van der Waals surface area (Å²) in [5.41, 5.74) is -0.667. The number of aliphatic hydroxyl groups excluding tert-OH is 2. The Bertz CT molecular complexity index is 914. The molecule has 2 fully saturated rings. The van der Waals surface area contributed by atoms with E-state index in [2.05, 4.69) is 10.6 Å². The number of hydrogen-bond donors (Lipinski definition) is 4. The molecule has 5 atom stereocenters. The number of nitrogens with one attached hydrogen (secondary N) is 2. The fourth-order valence-electron chi connectivity index (χ4n) is 4.68. The zero-order chi connectivity index (χ0) is 25.6. The molecule has 192 valence electrons. The van der Waals surface area contributed by atoms with Crippen LogP contribution in [0, 0.1) is 17.8 Å². The van der Waals surface area contributed by atoms with Gasteiger partial charge in [-0.25, -0.2) is 0 Å². The summed E-state index contributed by atoms with van der Waals surface area (Å²) in [6.07, 6.45) is 2.72. The summed E-state index contributed by atoms with van der Waals surface area (Å²) in [5, 5.41) is 24.5. The second-order valence-electron chi connectivity index (χ2n) is 10.0. The lowest BCUT2D eigenvalue weighted by atomic mass is 9.77. The molecule has 0 radical (unpaired) electrons. The predicted octanol–water partition coefficient (Wildman–Crippen LogP) is 1.01. The number of amides is 2. The van der Waals surface area contributed by atoms with Crippen molar-refractivity contribution in [1.29, 1.82) is 0 Å². The van der Waals surface area contributed by atoms with E-state index in [-0.39, 0.29) is 24.2 Å². The van der Waals surface area contributed by atoms with Crippen molar-refractivity contribution < 1.29 is 34.1 Å². The maximum Gasteiger partial charge on any atom is 0.245 e. The van der Waals surface area contributed by atoms with E-state index in [4.69, 9.17) is 4.74 Å². The summed E-state index contributed by atoms with van der Waals surface area (Å²) in [5.74, 6) is -2.13. The smallest absolute Gasteiger partial charge is 0.245 e. The number of ether oxygens (including phenoxy) is 1. The largest absolute Gasteiger partial charge is 0.394 e. The van der Waals surface area contributed by atoms with Crippen LogP contribution in [0.3, 0.4) is 0 Å². The van der Waals surface area contributed by atoms with Crippen molar-refractivity contribution in [2.45, 2.75) is 63.6 Å². The normalized spacial score (nSPS) is 25.4. The minimum atomic E-state index is -1.28. The number of carbonyl (C=O) groups excluding carboxylic acids is 4. The van der Waals surface area contributed by atoms with Gasteiger partial charge in [0.25, 0.3) is 0 Å². The van der Waals surface area contributed by atoms with E-state index in [1.807, 2.05) is 19.9 Å². The van der Waals surface area contributed by atoms with Gasteiger partial charge < -0.3 is 25.6 Å². The molecule has 0 spiro atoms. The van der Waals surface area contributed by atoms with Gasteiger partial charge in [0.15, 0.2) is 17.2 Å². The van der Waals surface area contributed by atoms with Crippen molar-refractivity contribution in [1.82, 2.24) is 10.6 Å². The SMILES string of the molecule is CC(C)CC(NC(=O)[C@H](CO)NC(=O)C1CCC[C@@H](C(=O)c2ccccc2)C1)C(=O)C1(CO)CO1. The number of aliphatic hydroxyl groups is 2. The second kappa shape index (κ2) is 11.9. The molecule has 1 aromatic rings. The average Bonchev–Trinajstić information content (AvgIpc) is 3.67. The molecule has 4 N–H and O–H groups in total. The van der Waals surface area contributed by atoms with Crippen molar-refractivity contribution in [2.75, 3.05) is 19.8 Å². The standard InChI is InChI=1S/C26H36N2O7/c1-16(2)11-20(23(32)26(14-30)15-35-26)27-25(34)21(13-29)28-24(33)19-10-6-9-18(12-19)22(31)17-7-4-3-5-8-17/h3-5,7-8,16,18-21,29-30H,6,9-15H2,1-2H3,(H,27,34)(H,28,33)/t18-,19?,20?,21+,26?/m1/s1. The molecule has 2 aliphatic rings. The number of carbonyl (C=O) groups is 4. The summed E-state index contributed by atoms with van der Waals surface area (Å²) in [6.45, 7) is 2.78. The Balaban J connectivity index is 1.60. The summed E-state index contributed by atoms with van der Waals surface area (Å²) >= 11 is 0. The Morgan fingerprint density at radius 2 is 1.69 bits per heavy atom. The first-order valence-electron chi connectivity index (χ1n) is 12.3. The van der Waals surface area contributed by atoms with Crippen LogP contribution in [-0.4, -0.2) is 71.1 Å². The first kappa shape index (κ1) is 27.0. The van der Waals surface area contributed by atoms with Gasteiger partial charge in [-0.2, -0.15) is 0 Å². The van der Waals surface area contributed by atoms with E-state index in [1.165, 1.54) is 0 Å². The third-order valence-corrected chi connectivity index (χ3v) is 6.83. The van der Waals surface area contributed by atoms with E-state index in [9.17, 15) is 29.4 Å². The van der Waals surface area contributed by atoms with Crippen LogP contribution in [0.2, 0.25) is 0 Å². The molecular weight excluding hydrogens is 452 g/mol. The van der Waals surface area contributed by atoms with Crippen LogP contribution in [0.5, 0.6) is 0 Å². The summed E-state index contributed by atoms with van der Waals surface area (Å²) < 4.78 is 5.15. The first-order valence-corrected chi connectivity index (χ1v) is 12.3. The van der Waals surface area contributed by atoms with Crippen LogP contribution in [0.15, 0.2) is 30.3 Å². The molecule has 1 aliphatic carbocycles. The Morgan fingerprint density at radius 3 is 2.26 bits per heavy atom. The Morgan fingerprint density at radius 1 is 1.03 bits per heavy atom. The number of ketones is 2. The molecule has 0 bridgehead atoms. The van der Waals surface area contributed by atoms with Gasteiger partial charge in [0.05, 0.1) is 25.9 Å². The molecule has 3 unspecified atom stereocenters. The minimum Gasteiger partial charge on any atom is -0.394 e. The highest BCUT2D eigenvalue weighted by Gasteiger charge is 2.54. The third-order valence-electron chi connectivity index (χ3n) is 6.83. The van der Waals surface area contributed by atoms with Gasteiger partial charge >= 0.3 is 0 Å². The molecule has 2 amide bonds. The highest BCUT2D eigenvalue weighted by Crippen LogP contribution is 2.32. The van der Waals surface area contributed by atoms with E-state index in [1.54, 1.807) is 24.3 Å². The van der Waals surface area contributed by atoms with Gasteiger partial charge in [-0.05, 0) is 31.6 Å². The number of hydrogen-bond acceptors (Lipinski definition) is 7. The van der Waals surface area contributed by atoms with E-state index < -0.39 is 54.4 Å². The zero-order valence-corrected chi connectivity index (χ0v) is 20.4. The van der Waals surface area contributed by atoms with Crippen molar-refractivity contribution in [3.05, 3.63) is 35.9 Å². The average molecular weight is 489 g/mol. The number of rotatable bonds is 12. The van der Waals surface area contributed by atoms with E-state index in [0.29, 0.717) is 37.7 Å². The lowest BCUT2D eigenvalue weighted by molar-refractivity contribution is -0.135. The minimum absolute atomic E-state index is 0.00898. The van der Waals surface area contributed by atoms with Crippen molar-refractivity contribution in [2.24, 2.45) is 17.8 Å². The van der Waals surface area contributed by atoms with Crippen LogP contribution in [-0.2, 0) is 19.1 Å². The Hall–Kier alpha value is -2.62. The van der Waals surface area contributed by atoms with Crippen LogP contribution in [0.1, 0.15) is 56.3 Å². The number of benzene rings is 1. The maximum absolute atomic E-state index is 13.0. The molecule has 3 rings (SSSR count). The molecule has 1 heterocycles. The van der Waals surface area contributed by atoms with Crippen LogP contribution >= 0.6 is 0 Å². The first-order chi connectivity index (χ1) is 16.7. The third kappa shape index (κ3) is 6.74. The molecule has 1 aliphatic heterocycles. The van der Waals surface area contributed by atoms with Crippen LogP contribution in [0.4, 0.5) is 0 Å². The summed E-state index contributed by atoms with van der Waals surface area (Å²) in [6, 6.07) is 6.83. The Labute approximate surface area is 205 Å². The molecule has 1 saturated carbocycles. The van der Waals surface area contributed by atoms with Crippen molar-refractivity contribution in [3.8, 4) is 0 Å². The van der Waals surface area contributed by atoms with Crippen molar-refractivity contribution >= 4 is 23.4 Å². The topological polar surface area (TPSA) is 145 Å². The van der Waals surface area contributed by atoms with Crippen molar-refractivity contribution in [3.63, 3.8) is 0 Å². The molecule has 1 saturated heterocycles. The molecule has 9 nitrogen and oxygen atoms in total. The summed E-state index contributed by atoms with van der Waals surface area (Å²) in [4.78, 5) is 51.5. The van der Waals surface area contributed by atoms with Crippen LogP contribution < -0.4 is 10.6 Å². The highest BCUT2D eigenvalue weighted by atomic mass is 16.6. The quantitative estimate of drug-likeness (QED) is 0.254. The van der Waals surface area contributed by atoms with E-state index >= 15 is 0 Å². The van der Waals surface area contributed by atoms with Gasteiger partial charge in [-0.15, -0.1) is 0 Å². The van der Waals surface area contributed by atoms with Gasteiger partial charge in [0.2, 0.25) is 11.8 Å². The maximum atomic E-state index is 13.0. The molecular formula is C26H36N2O7. The van der Waals surface area contributed by atoms with Gasteiger partial charge in [0.1, 0.15) is 6.04 Å². The Kier molecular flexibility index (Phi) is 9.15. The monoisotopic (exact) mass is 488 g/mol. The highest BCUT2D eigenvalue weighted by molar-refractivity contribution is 5.99. The van der Waals surface area contributed by atoms with Gasteiger partial charge in [0, 0.05) is 17.4 Å². The number of Topliss-reactive ketones (excluding diaryl/α,β-unsaturated/α-hetero) is 2. The van der Waals surface area contributed by atoms with Gasteiger partial charge in [-0.1, -0.05) is 50.6 Å². The molecule has 9 heteroatoms. The predicted molar refractivity (Wildman–Crippen MR) is 127 cm³/mol. The molecule has 35 heavy (non-hydrogen) atoms. The fraction of sp³-hybridized carbons (Fsp3) is 0.615. The lowest BCUT2D eigenvalue weighted by Crippen LogP contribution is -2.56. The number of epoxide rings is 1. The molecule has 0 aromatic heterocycles. The van der Waals surface area contributed by atoms with Gasteiger partial charge in [-0.3, -0.25) is 19.2 Å². The second-order valence-corrected chi connectivity index (χ2v) is 10.0. The zero-order valence-electron chi connectivity index (χ0n) is 20.4. The summed E-state index contributed by atoms with van der Waals surface area (Å²) in [7, 11) is 0. The molecule has 1 aromatic carbocycles. The van der Waals surface area contributed by atoms with Crippen LogP contribution in [0.25, 0.3) is 0 Å².